The van der Waals surface area contributed by atoms with Crippen molar-refractivity contribution in [3.8, 4) is 0 Å². The van der Waals surface area contributed by atoms with E-state index in [0.29, 0.717) is 5.92 Å². The normalized spacial score (nSPS) is 37.6. The lowest BCUT2D eigenvalue weighted by atomic mass is 9.91. The minimum absolute atomic E-state index is 0.0851. The molecule has 15 heavy (non-hydrogen) atoms. The van der Waals surface area contributed by atoms with Crippen LogP contribution in [0.1, 0.15) is 19.3 Å². The summed E-state index contributed by atoms with van der Waals surface area (Å²) in [5.41, 5.74) is 0. The molecule has 0 aromatic rings. The van der Waals surface area contributed by atoms with Gasteiger partial charge in [0.2, 0.25) is 0 Å². The highest BCUT2D eigenvalue weighted by atomic mass is 16.4. The lowest BCUT2D eigenvalue weighted by Gasteiger charge is -2.28. The van der Waals surface area contributed by atoms with Gasteiger partial charge in [-0.2, -0.15) is 0 Å². The highest BCUT2D eigenvalue weighted by Crippen LogP contribution is 2.44. The predicted molar refractivity (Wildman–Crippen MR) is 50.7 cm³/mol. The Kier molecular flexibility index (Phi) is 2.42. The van der Waals surface area contributed by atoms with Crippen LogP contribution in [0.4, 0.5) is 9.59 Å². The van der Waals surface area contributed by atoms with Crippen molar-refractivity contribution in [2.45, 2.75) is 31.3 Å². The van der Waals surface area contributed by atoms with Crippen molar-refractivity contribution >= 4 is 12.2 Å². The van der Waals surface area contributed by atoms with Gasteiger partial charge >= 0.3 is 12.2 Å². The molecule has 84 valence electrons. The van der Waals surface area contributed by atoms with Crippen molar-refractivity contribution in [3.05, 3.63) is 0 Å². The summed E-state index contributed by atoms with van der Waals surface area (Å²) < 4.78 is 0. The monoisotopic (exact) mass is 214 g/mol. The highest BCUT2D eigenvalue weighted by Gasteiger charge is 2.47. The second-order valence-electron chi connectivity index (χ2n) is 4.35. The summed E-state index contributed by atoms with van der Waals surface area (Å²) in [5, 5.41) is 22.2. The first kappa shape index (κ1) is 10.1. The molecule has 0 aliphatic heterocycles. The smallest absolute Gasteiger partial charge is 0.404 e. The third-order valence-corrected chi connectivity index (χ3v) is 3.43. The number of hydrogen-bond acceptors (Lipinski definition) is 2. The van der Waals surface area contributed by atoms with Crippen LogP contribution in [0.25, 0.3) is 0 Å². The molecule has 0 aromatic heterocycles. The van der Waals surface area contributed by atoms with E-state index in [2.05, 4.69) is 10.6 Å². The molecule has 2 aliphatic carbocycles. The molecule has 6 heteroatoms. The molecule has 2 rings (SSSR count). The highest BCUT2D eigenvalue weighted by molar-refractivity contribution is 5.66. The fraction of sp³-hybridized carbons (Fsp3) is 0.778. The Morgan fingerprint density at radius 2 is 1.40 bits per heavy atom. The number of nitrogens with one attached hydrogen (secondary N) is 2. The van der Waals surface area contributed by atoms with E-state index in [0.717, 1.165) is 19.3 Å². The summed E-state index contributed by atoms with van der Waals surface area (Å²) in [6, 6.07) is -0.170. The van der Waals surface area contributed by atoms with E-state index in [4.69, 9.17) is 10.2 Å². The summed E-state index contributed by atoms with van der Waals surface area (Å²) in [6.45, 7) is 0. The molecule has 4 N–H and O–H groups in total. The second-order valence-corrected chi connectivity index (χ2v) is 4.35. The van der Waals surface area contributed by atoms with Crippen LogP contribution >= 0.6 is 0 Å². The van der Waals surface area contributed by atoms with Gasteiger partial charge in [0.25, 0.3) is 0 Å². The molecule has 2 fully saturated rings. The lowest BCUT2D eigenvalue weighted by Crippen LogP contribution is -2.48. The quantitative estimate of drug-likeness (QED) is 0.543. The number of amides is 2. The van der Waals surface area contributed by atoms with Crippen molar-refractivity contribution in [1.82, 2.24) is 10.6 Å². The lowest BCUT2D eigenvalue weighted by molar-refractivity contribution is 0.171. The van der Waals surface area contributed by atoms with Gasteiger partial charge in [-0.3, -0.25) is 0 Å². The van der Waals surface area contributed by atoms with Gasteiger partial charge in [0, 0.05) is 12.1 Å². The average Bonchev–Trinajstić information content (AvgIpc) is 2.59. The topological polar surface area (TPSA) is 98.7 Å². The average molecular weight is 214 g/mol. The Hall–Kier alpha value is -1.46. The van der Waals surface area contributed by atoms with Gasteiger partial charge in [0.15, 0.2) is 0 Å². The molecule has 2 amide bonds. The Bertz CT molecular complexity index is 268. The van der Waals surface area contributed by atoms with E-state index in [1.807, 2.05) is 0 Å². The molecule has 0 unspecified atom stereocenters. The fourth-order valence-electron chi connectivity index (χ4n) is 3.00. The first-order valence-electron chi connectivity index (χ1n) is 5.05. The number of carboxylic acid groups (broad SMARTS) is 2. The van der Waals surface area contributed by atoms with Crippen LogP contribution in [0.2, 0.25) is 0 Å². The third-order valence-electron chi connectivity index (χ3n) is 3.43. The van der Waals surface area contributed by atoms with Crippen LogP contribution < -0.4 is 10.6 Å². The molecule has 2 aliphatic rings. The van der Waals surface area contributed by atoms with Crippen molar-refractivity contribution < 1.29 is 19.8 Å². The molecule has 0 heterocycles. The minimum atomic E-state index is -1.03. The second kappa shape index (κ2) is 3.60. The van der Waals surface area contributed by atoms with E-state index < -0.39 is 12.2 Å². The maximum atomic E-state index is 10.5. The van der Waals surface area contributed by atoms with Gasteiger partial charge in [-0.15, -0.1) is 0 Å². The van der Waals surface area contributed by atoms with E-state index >= 15 is 0 Å². The molecule has 0 aromatic carbocycles. The Balaban J connectivity index is 1.96. The third kappa shape index (κ3) is 1.98. The number of hydrogen-bond donors (Lipinski definition) is 4. The SMILES string of the molecule is O=C(O)N[C@H]1CC2CC1[C@@H](NC(=O)O)C2. The summed E-state index contributed by atoms with van der Waals surface area (Å²) in [4.78, 5) is 21.0. The van der Waals surface area contributed by atoms with Gasteiger partial charge in [-0.25, -0.2) is 9.59 Å². The maximum absolute atomic E-state index is 10.5. The van der Waals surface area contributed by atoms with Gasteiger partial charge in [-0.05, 0) is 31.1 Å². The van der Waals surface area contributed by atoms with Crippen molar-refractivity contribution in [3.63, 3.8) is 0 Å². The number of fused-ring (bicyclic) bond motifs is 2. The minimum Gasteiger partial charge on any atom is -0.465 e. The molecule has 6 nitrogen and oxygen atoms in total. The predicted octanol–water partition coefficient (Wildman–Crippen LogP) is 0.689. The van der Waals surface area contributed by atoms with Crippen molar-refractivity contribution in [2.75, 3.05) is 0 Å². The van der Waals surface area contributed by atoms with E-state index in [-0.39, 0.29) is 18.0 Å². The molecule has 2 atom stereocenters. The van der Waals surface area contributed by atoms with Gasteiger partial charge in [-0.1, -0.05) is 0 Å². The van der Waals surface area contributed by atoms with E-state index in [1.165, 1.54) is 0 Å². The first-order chi connectivity index (χ1) is 7.06. The van der Waals surface area contributed by atoms with Crippen LogP contribution in [-0.2, 0) is 0 Å². The first-order valence-corrected chi connectivity index (χ1v) is 5.05. The van der Waals surface area contributed by atoms with E-state index in [1.54, 1.807) is 0 Å². The summed E-state index contributed by atoms with van der Waals surface area (Å²) in [6.07, 6.45) is 0.558. The Morgan fingerprint density at radius 1 is 0.933 bits per heavy atom. The van der Waals surface area contributed by atoms with Crippen LogP contribution in [0, 0.1) is 11.8 Å². The number of rotatable bonds is 2. The fourth-order valence-corrected chi connectivity index (χ4v) is 3.00. The largest absolute Gasteiger partial charge is 0.465 e. The maximum Gasteiger partial charge on any atom is 0.404 e. The molecular formula is C9H14N2O4. The summed E-state index contributed by atoms with van der Waals surface area (Å²) in [7, 11) is 0. The molecule has 0 radical (unpaired) electrons. The Morgan fingerprint density at radius 3 is 1.73 bits per heavy atom. The van der Waals surface area contributed by atoms with Gasteiger partial charge < -0.3 is 20.8 Å². The van der Waals surface area contributed by atoms with Crippen molar-refractivity contribution in [2.24, 2.45) is 11.8 Å². The molecule has 0 spiro atoms. The van der Waals surface area contributed by atoms with Crippen LogP contribution in [0.15, 0.2) is 0 Å². The Labute approximate surface area is 86.7 Å². The van der Waals surface area contributed by atoms with Gasteiger partial charge in [0.1, 0.15) is 0 Å². The molecule has 2 saturated carbocycles. The van der Waals surface area contributed by atoms with Gasteiger partial charge in [0.05, 0.1) is 0 Å². The standard InChI is InChI=1S/C9H14N2O4/c12-8(13)10-6-2-4-1-5(6)7(3-4)11-9(14)15/h4-7,10-11H,1-3H2,(H,12,13)(H,14,15)/t4?,5?,6-,7-/m0/s1. The van der Waals surface area contributed by atoms with E-state index in [9.17, 15) is 9.59 Å². The molecule has 2 bridgehead atoms. The zero-order chi connectivity index (χ0) is 11.0. The summed E-state index contributed by atoms with van der Waals surface area (Å²) >= 11 is 0. The zero-order valence-corrected chi connectivity index (χ0v) is 8.14. The van der Waals surface area contributed by atoms with Crippen LogP contribution in [-0.4, -0.2) is 34.5 Å². The molecule has 0 saturated heterocycles. The van der Waals surface area contributed by atoms with Crippen LogP contribution in [0.5, 0.6) is 0 Å². The molecular weight excluding hydrogens is 200 g/mol. The zero-order valence-electron chi connectivity index (χ0n) is 8.14. The summed E-state index contributed by atoms with van der Waals surface area (Å²) in [5.74, 6) is 0.589. The van der Waals surface area contributed by atoms with Crippen LogP contribution in [0.3, 0.4) is 0 Å². The van der Waals surface area contributed by atoms with Crippen molar-refractivity contribution in [1.29, 1.82) is 0 Å². The number of carbonyl (C=O) groups is 2.